The average molecular weight is 275 g/mol. The van der Waals surface area contributed by atoms with Crippen LogP contribution >= 0.6 is 0 Å². The van der Waals surface area contributed by atoms with E-state index in [1.54, 1.807) is 31.2 Å². The summed E-state index contributed by atoms with van der Waals surface area (Å²) < 4.78 is 6.41. The number of hydrogen-bond acceptors (Lipinski definition) is 5. The van der Waals surface area contributed by atoms with Gasteiger partial charge < -0.3 is 14.9 Å². The number of hydrogen-bond donors (Lipinski definition) is 0. The van der Waals surface area contributed by atoms with Gasteiger partial charge in [0.05, 0.1) is 6.61 Å². The Bertz CT molecular complexity index is 609. The van der Waals surface area contributed by atoms with E-state index in [-0.39, 0.29) is 12.4 Å². The van der Waals surface area contributed by atoms with Crippen molar-refractivity contribution < 1.29 is 14.5 Å². The van der Waals surface area contributed by atoms with Crippen LogP contribution in [0.3, 0.4) is 0 Å². The first-order valence-electron chi connectivity index (χ1n) is 6.03. The molecular weight excluding hydrogens is 262 g/mol. The monoisotopic (exact) mass is 275 g/mol. The molecule has 0 amide bonds. The molecule has 0 aliphatic carbocycles. The van der Waals surface area contributed by atoms with Gasteiger partial charge in [-0.15, -0.1) is 0 Å². The number of aromatic nitrogens is 2. The van der Waals surface area contributed by atoms with Gasteiger partial charge in [-0.05, 0) is 22.4 Å². The highest BCUT2D eigenvalue weighted by Crippen LogP contribution is 2.22. The Hall–Kier alpha value is -2.70. The summed E-state index contributed by atoms with van der Waals surface area (Å²) in [4.78, 5) is 25.8. The molecule has 0 bridgehead atoms. The summed E-state index contributed by atoms with van der Waals surface area (Å²) in [5, 5.41) is 10.7. The first-order chi connectivity index (χ1) is 9.63. The molecule has 1 unspecified atom stereocenters. The van der Waals surface area contributed by atoms with Gasteiger partial charge in [-0.3, -0.25) is 4.57 Å². The van der Waals surface area contributed by atoms with Gasteiger partial charge in [0.2, 0.25) is 6.33 Å². The number of carbonyl (C=O) groups excluding carboxylic acids is 1. The van der Waals surface area contributed by atoms with Crippen molar-refractivity contribution in [1.82, 2.24) is 9.55 Å². The van der Waals surface area contributed by atoms with Crippen LogP contribution in [-0.4, -0.2) is 27.1 Å². The molecule has 2 aromatic rings. The summed E-state index contributed by atoms with van der Waals surface area (Å²) >= 11 is 0. The normalized spacial score (nSPS) is 11.8. The van der Waals surface area contributed by atoms with Gasteiger partial charge in [0.1, 0.15) is 6.20 Å². The van der Waals surface area contributed by atoms with Gasteiger partial charge in [0.15, 0.2) is 6.04 Å². The molecule has 7 heteroatoms. The van der Waals surface area contributed by atoms with E-state index >= 15 is 0 Å². The van der Waals surface area contributed by atoms with Crippen molar-refractivity contribution in [3.8, 4) is 0 Å². The molecule has 7 nitrogen and oxygen atoms in total. The lowest BCUT2D eigenvalue weighted by atomic mass is 10.1. The Morgan fingerprint density at radius 2 is 2.15 bits per heavy atom. The van der Waals surface area contributed by atoms with E-state index in [4.69, 9.17) is 4.74 Å². The topological polar surface area (TPSA) is 87.3 Å². The Kier molecular flexibility index (Phi) is 4.09. The lowest BCUT2D eigenvalue weighted by molar-refractivity contribution is -0.389. The van der Waals surface area contributed by atoms with E-state index in [1.165, 1.54) is 17.1 Å². The fourth-order valence-electron chi connectivity index (χ4n) is 1.85. The molecule has 2 rings (SSSR count). The van der Waals surface area contributed by atoms with Crippen molar-refractivity contribution in [3.05, 3.63) is 58.5 Å². The van der Waals surface area contributed by atoms with Crippen molar-refractivity contribution >= 4 is 11.8 Å². The van der Waals surface area contributed by atoms with Crippen LogP contribution in [0.2, 0.25) is 0 Å². The first-order valence-corrected chi connectivity index (χ1v) is 6.03. The van der Waals surface area contributed by atoms with Crippen molar-refractivity contribution in [1.29, 1.82) is 0 Å². The number of carbonyl (C=O) groups is 1. The average Bonchev–Trinajstić information content (AvgIpc) is 2.90. The second-order valence-corrected chi connectivity index (χ2v) is 4.00. The SMILES string of the molecule is CCOC(=O)C(c1ccccc1)n1cnc([N+](=O)[O-])c1. The quantitative estimate of drug-likeness (QED) is 0.472. The first kappa shape index (κ1) is 13.7. The molecule has 1 heterocycles. The number of imidazole rings is 1. The van der Waals surface area contributed by atoms with E-state index in [0.29, 0.717) is 5.56 Å². The fraction of sp³-hybridized carbons (Fsp3) is 0.231. The largest absolute Gasteiger partial charge is 0.464 e. The third-order valence-electron chi connectivity index (χ3n) is 2.70. The summed E-state index contributed by atoms with van der Waals surface area (Å²) in [6.45, 7) is 1.94. The number of rotatable bonds is 5. The number of ether oxygens (including phenoxy) is 1. The predicted molar refractivity (Wildman–Crippen MR) is 70.1 cm³/mol. The summed E-state index contributed by atoms with van der Waals surface area (Å²) in [5.41, 5.74) is 0.679. The third-order valence-corrected chi connectivity index (χ3v) is 2.70. The van der Waals surface area contributed by atoms with Gasteiger partial charge in [0, 0.05) is 0 Å². The molecule has 1 aromatic carbocycles. The zero-order valence-electron chi connectivity index (χ0n) is 10.8. The highest BCUT2D eigenvalue weighted by atomic mass is 16.6. The van der Waals surface area contributed by atoms with Crippen molar-refractivity contribution in [2.45, 2.75) is 13.0 Å². The molecule has 0 aliphatic rings. The Morgan fingerprint density at radius 1 is 1.45 bits per heavy atom. The third kappa shape index (κ3) is 2.82. The van der Waals surface area contributed by atoms with Gasteiger partial charge in [-0.25, -0.2) is 4.79 Å². The van der Waals surface area contributed by atoms with Crippen LogP contribution in [0.4, 0.5) is 5.82 Å². The Morgan fingerprint density at radius 3 is 2.70 bits per heavy atom. The van der Waals surface area contributed by atoms with E-state index in [0.717, 1.165) is 0 Å². The summed E-state index contributed by atoms with van der Waals surface area (Å²) in [6.07, 6.45) is 2.47. The van der Waals surface area contributed by atoms with E-state index in [2.05, 4.69) is 4.98 Å². The molecule has 0 spiro atoms. The van der Waals surface area contributed by atoms with Crippen LogP contribution in [-0.2, 0) is 9.53 Å². The molecule has 0 radical (unpaired) electrons. The van der Waals surface area contributed by atoms with Gasteiger partial charge in [0.25, 0.3) is 0 Å². The molecule has 0 saturated heterocycles. The zero-order valence-corrected chi connectivity index (χ0v) is 10.8. The standard InChI is InChI=1S/C13H13N3O4/c1-2-20-13(17)12(10-6-4-3-5-7-10)15-8-11(14-9-15)16(18)19/h3-9,12H,2H2,1H3. The van der Waals surface area contributed by atoms with Gasteiger partial charge in [-0.2, -0.15) is 0 Å². The highest BCUT2D eigenvalue weighted by molar-refractivity contribution is 5.78. The number of esters is 1. The fourth-order valence-corrected chi connectivity index (χ4v) is 1.85. The molecule has 1 aromatic heterocycles. The van der Waals surface area contributed by atoms with Crippen molar-refractivity contribution in [2.75, 3.05) is 6.61 Å². The second-order valence-electron chi connectivity index (χ2n) is 4.00. The predicted octanol–water partition coefficient (Wildman–Crippen LogP) is 1.94. The summed E-state index contributed by atoms with van der Waals surface area (Å²) in [7, 11) is 0. The lowest BCUT2D eigenvalue weighted by Gasteiger charge is -2.16. The molecule has 104 valence electrons. The molecule has 1 atom stereocenters. The molecule has 0 fully saturated rings. The van der Waals surface area contributed by atoms with Gasteiger partial charge in [-0.1, -0.05) is 30.3 Å². The maximum absolute atomic E-state index is 12.1. The van der Waals surface area contributed by atoms with E-state index in [9.17, 15) is 14.9 Å². The van der Waals surface area contributed by atoms with Crippen LogP contribution in [0, 0.1) is 10.1 Å². The van der Waals surface area contributed by atoms with Crippen LogP contribution in [0.15, 0.2) is 42.9 Å². The number of benzene rings is 1. The Balaban J connectivity index is 2.40. The van der Waals surface area contributed by atoms with Crippen LogP contribution in [0.5, 0.6) is 0 Å². The summed E-state index contributed by atoms with van der Waals surface area (Å²) in [6, 6.07) is 8.13. The second kappa shape index (κ2) is 5.96. The van der Waals surface area contributed by atoms with Crippen LogP contribution < -0.4 is 0 Å². The molecule has 0 N–H and O–H groups in total. The zero-order chi connectivity index (χ0) is 14.5. The summed E-state index contributed by atoms with van der Waals surface area (Å²) in [5.74, 6) is -0.791. The van der Waals surface area contributed by atoms with Crippen LogP contribution in [0.1, 0.15) is 18.5 Å². The minimum atomic E-state index is -0.780. The number of nitrogens with zero attached hydrogens (tertiary/aromatic N) is 3. The molecule has 0 saturated carbocycles. The lowest BCUT2D eigenvalue weighted by Crippen LogP contribution is -2.22. The van der Waals surface area contributed by atoms with Gasteiger partial charge >= 0.3 is 11.8 Å². The smallest absolute Gasteiger partial charge is 0.381 e. The van der Waals surface area contributed by atoms with Crippen LogP contribution in [0.25, 0.3) is 0 Å². The maximum Gasteiger partial charge on any atom is 0.381 e. The van der Waals surface area contributed by atoms with E-state index < -0.39 is 16.9 Å². The molecular formula is C13H13N3O4. The molecule has 0 aliphatic heterocycles. The van der Waals surface area contributed by atoms with E-state index in [1.807, 2.05) is 6.07 Å². The van der Waals surface area contributed by atoms with Crippen molar-refractivity contribution in [2.24, 2.45) is 0 Å². The number of nitro groups is 1. The Labute approximate surface area is 115 Å². The minimum Gasteiger partial charge on any atom is -0.464 e. The maximum atomic E-state index is 12.1. The van der Waals surface area contributed by atoms with Crippen molar-refractivity contribution in [3.63, 3.8) is 0 Å². The minimum absolute atomic E-state index is 0.235. The highest BCUT2D eigenvalue weighted by Gasteiger charge is 2.26. The molecule has 20 heavy (non-hydrogen) atoms.